The number of anilines is 2. The summed E-state index contributed by atoms with van der Waals surface area (Å²) in [6.07, 6.45) is -0.517. The molecule has 41 heavy (non-hydrogen) atoms. The molecule has 2 aliphatic rings. The monoisotopic (exact) mass is 584 g/mol. The van der Waals surface area contributed by atoms with Gasteiger partial charge in [0, 0.05) is 31.1 Å². The number of nitriles is 1. The van der Waals surface area contributed by atoms with Crippen molar-refractivity contribution in [3.63, 3.8) is 0 Å². The van der Waals surface area contributed by atoms with Crippen LogP contribution in [0.3, 0.4) is 0 Å². The first-order chi connectivity index (χ1) is 19.9. The predicted octanol–water partition coefficient (Wildman–Crippen LogP) is 6.27. The lowest BCUT2D eigenvalue weighted by Crippen LogP contribution is -2.29. The summed E-state index contributed by atoms with van der Waals surface area (Å²) < 4.78 is 5.39. The number of aliphatic imine (C=N–C) groups is 1. The number of thioether (sulfide) groups is 2. The zero-order chi connectivity index (χ0) is 28.9. The molecule has 0 unspecified atom stereocenters. The van der Waals surface area contributed by atoms with Crippen LogP contribution in [-0.4, -0.2) is 42.2 Å². The minimum Gasteiger partial charge on any atom is -0.410 e. The minimum absolute atomic E-state index is 0.150. The van der Waals surface area contributed by atoms with Gasteiger partial charge in [0.05, 0.1) is 34.2 Å². The second-order valence-electron chi connectivity index (χ2n) is 9.09. The van der Waals surface area contributed by atoms with E-state index in [1.54, 1.807) is 23.1 Å². The molecule has 2 aliphatic heterocycles. The Morgan fingerprint density at radius 3 is 2.59 bits per heavy atom. The Hall–Kier alpha value is -4.40. The van der Waals surface area contributed by atoms with Gasteiger partial charge in [0.25, 0.3) is 5.91 Å². The van der Waals surface area contributed by atoms with Crippen molar-refractivity contribution in [2.24, 2.45) is 4.99 Å². The molecule has 1 saturated heterocycles. The van der Waals surface area contributed by atoms with Crippen molar-refractivity contribution in [1.82, 2.24) is 10.2 Å². The molecular formula is C30H28N6O3S2. The van der Waals surface area contributed by atoms with E-state index in [2.05, 4.69) is 16.7 Å². The van der Waals surface area contributed by atoms with Gasteiger partial charge in [-0.15, -0.1) is 0 Å². The summed E-state index contributed by atoms with van der Waals surface area (Å²) in [7, 11) is 1.89. The quantitative estimate of drug-likeness (QED) is 0.313. The summed E-state index contributed by atoms with van der Waals surface area (Å²) in [6.45, 7) is 5.31. The maximum Gasteiger partial charge on any atom is 0.412 e. The largest absolute Gasteiger partial charge is 0.412 e. The highest BCUT2D eigenvalue weighted by Crippen LogP contribution is 2.51. The van der Waals surface area contributed by atoms with E-state index in [1.807, 2.05) is 74.3 Å². The summed E-state index contributed by atoms with van der Waals surface area (Å²) >= 11 is 2.80. The zero-order valence-electron chi connectivity index (χ0n) is 22.8. The molecule has 0 spiro atoms. The molecular weight excluding hydrogens is 557 g/mol. The number of carbonyl (C=O) groups excluding carboxylic acids is 2. The van der Waals surface area contributed by atoms with Gasteiger partial charge >= 0.3 is 6.09 Å². The molecule has 3 aromatic carbocycles. The number of hydrogen-bond acceptors (Lipinski definition) is 9. The van der Waals surface area contributed by atoms with Crippen LogP contribution in [0.1, 0.15) is 25.0 Å². The Balaban J connectivity index is 1.50. The fraction of sp³-hybridized carbons (Fsp3) is 0.200. The summed E-state index contributed by atoms with van der Waals surface area (Å²) in [5.74, 6) is 0.268. The van der Waals surface area contributed by atoms with Gasteiger partial charge in [-0.05, 0) is 61.5 Å². The third kappa shape index (κ3) is 6.04. The van der Waals surface area contributed by atoms with E-state index < -0.39 is 6.09 Å². The lowest BCUT2D eigenvalue weighted by atomic mass is 10.1. The normalized spacial score (nSPS) is 17.0. The molecule has 0 radical (unpaired) electrons. The van der Waals surface area contributed by atoms with Crippen molar-refractivity contribution >= 4 is 57.8 Å². The molecule has 11 heteroatoms. The zero-order valence-corrected chi connectivity index (χ0v) is 24.4. The minimum atomic E-state index is -0.517. The van der Waals surface area contributed by atoms with Crippen molar-refractivity contribution in [2.75, 3.05) is 30.4 Å². The Bertz CT molecular complexity index is 1600. The van der Waals surface area contributed by atoms with E-state index in [9.17, 15) is 14.9 Å². The van der Waals surface area contributed by atoms with E-state index >= 15 is 0 Å². The van der Waals surface area contributed by atoms with E-state index in [1.165, 1.54) is 23.5 Å². The van der Waals surface area contributed by atoms with Gasteiger partial charge in [-0.1, -0.05) is 42.1 Å². The van der Waals surface area contributed by atoms with Gasteiger partial charge in [-0.3, -0.25) is 9.69 Å². The van der Waals surface area contributed by atoms with Crippen LogP contribution in [0.4, 0.5) is 21.9 Å². The molecule has 0 aliphatic carbocycles. The molecule has 0 aromatic heterocycles. The first-order valence-electron chi connectivity index (χ1n) is 13.1. The van der Waals surface area contributed by atoms with Crippen LogP contribution < -0.4 is 20.3 Å². The molecule has 2 heterocycles. The average molecular weight is 585 g/mol. The van der Waals surface area contributed by atoms with Crippen LogP contribution >= 0.6 is 23.5 Å². The number of amidine groups is 1. The molecule has 0 bridgehead atoms. The van der Waals surface area contributed by atoms with Crippen LogP contribution in [0.25, 0.3) is 0 Å². The predicted molar refractivity (Wildman–Crippen MR) is 164 cm³/mol. The molecule has 3 aromatic rings. The van der Waals surface area contributed by atoms with Crippen molar-refractivity contribution < 1.29 is 14.3 Å². The Morgan fingerprint density at radius 2 is 1.85 bits per heavy atom. The third-order valence-corrected chi connectivity index (χ3v) is 8.72. The number of benzene rings is 3. The number of nitrogens with zero attached hydrogens (tertiary/aromatic N) is 4. The molecule has 208 valence electrons. The Labute approximate surface area is 247 Å². The second-order valence-corrected chi connectivity index (χ2v) is 11.1. The summed E-state index contributed by atoms with van der Waals surface area (Å²) in [5, 5.41) is 16.8. The van der Waals surface area contributed by atoms with E-state index in [4.69, 9.17) is 9.73 Å². The van der Waals surface area contributed by atoms with Crippen LogP contribution in [0, 0.1) is 11.3 Å². The van der Waals surface area contributed by atoms with Crippen molar-refractivity contribution in [2.45, 2.75) is 25.3 Å². The number of carbonyl (C=O) groups is 2. The molecule has 2 N–H and O–H groups in total. The third-order valence-electron chi connectivity index (χ3n) is 6.29. The fourth-order valence-electron chi connectivity index (χ4n) is 4.35. The van der Waals surface area contributed by atoms with Gasteiger partial charge in [0.1, 0.15) is 16.7 Å². The van der Waals surface area contributed by atoms with Gasteiger partial charge < -0.3 is 20.3 Å². The number of rotatable bonds is 7. The topological polar surface area (TPSA) is 110 Å². The van der Waals surface area contributed by atoms with E-state index in [-0.39, 0.29) is 5.91 Å². The fourth-order valence-corrected chi connectivity index (χ4v) is 6.67. The summed E-state index contributed by atoms with van der Waals surface area (Å²) in [6, 6.07) is 22.8. The second kappa shape index (κ2) is 12.4. The first-order valence-corrected chi connectivity index (χ1v) is 14.7. The highest BCUT2D eigenvalue weighted by molar-refractivity contribution is 8.19. The maximum atomic E-state index is 13.9. The van der Waals surface area contributed by atoms with Gasteiger partial charge in [0.15, 0.2) is 5.17 Å². The van der Waals surface area contributed by atoms with E-state index in [0.717, 1.165) is 26.9 Å². The number of amides is 2. The SMILES string of the molecule is CCNC(=O)Oc1ccc2c(c1)N(C)/C(=C1\SC(=Nc3ccc(NCC)c(C#N)c3)N(Cc3ccccc3)C1=O)S2. The maximum absolute atomic E-state index is 13.9. The first kappa shape index (κ1) is 28.1. The number of fused-ring (bicyclic) bond motifs is 1. The van der Waals surface area contributed by atoms with Crippen LogP contribution in [-0.2, 0) is 11.3 Å². The van der Waals surface area contributed by atoms with Crippen molar-refractivity contribution in [1.29, 1.82) is 5.26 Å². The summed E-state index contributed by atoms with van der Waals surface area (Å²) in [4.78, 5) is 35.8. The molecule has 0 atom stereocenters. The highest BCUT2D eigenvalue weighted by Gasteiger charge is 2.39. The molecule has 2 amide bonds. The van der Waals surface area contributed by atoms with Gasteiger partial charge in [-0.25, -0.2) is 9.79 Å². The number of nitrogens with one attached hydrogen (secondary N) is 2. The van der Waals surface area contributed by atoms with Crippen LogP contribution in [0.15, 0.2) is 86.6 Å². The molecule has 1 fully saturated rings. The van der Waals surface area contributed by atoms with E-state index in [0.29, 0.717) is 46.7 Å². The number of ether oxygens (including phenoxy) is 1. The average Bonchev–Trinajstić information content (AvgIpc) is 3.45. The van der Waals surface area contributed by atoms with Crippen LogP contribution in [0.2, 0.25) is 0 Å². The smallest absolute Gasteiger partial charge is 0.410 e. The molecule has 9 nitrogen and oxygen atoms in total. The van der Waals surface area contributed by atoms with Crippen LogP contribution in [0.5, 0.6) is 5.75 Å². The van der Waals surface area contributed by atoms with Gasteiger partial charge in [0.2, 0.25) is 0 Å². The standard InChI is InChI=1S/C30H28N6O3S2/c1-4-32-23-13-11-21(15-20(23)17-31)34-29-36(18-19-9-7-6-8-10-19)27(37)26(41-29)28-35(3)24-16-22(12-14-25(24)40-28)39-30(38)33-5-2/h6-16,32H,4-5,18H2,1-3H3,(H,33,38)/b28-26+,34-29?. The lowest BCUT2D eigenvalue weighted by molar-refractivity contribution is -0.122. The lowest BCUT2D eigenvalue weighted by Gasteiger charge is -2.17. The Morgan fingerprint density at radius 1 is 1.05 bits per heavy atom. The molecule has 0 saturated carbocycles. The van der Waals surface area contributed by atoms with Gasteiger partial charge in [-0.2, -0.15) is 5.26 Å². The highest BCUT2D eigenvalue weighted by atomic mass is 32.2. The summed E-state index contributed by atoms with van der Waals surface area (Å²) in [5.41, 5.74) is 3.64. The molecule has 5 rings (SSSR count). The van der Waals surface area contributed by atoms with Crippen molar-refractivity contribution in [3.8, 4) is 11.8 Å². The Kier molecular flexibility index (Phi) is 8.52. The number of hydrogen-bond donors (Lipinski definition) is 2. The van der Waals surface area contributed by atoms with Crippen molar-refractivity contribution in [3.05, 3.63) is 87.8 Å².